The molecular formula is C36H18N4O+2. The third kappa shape index (κ3) is 1.76. The molecule has 41 heavy (non-hydrogen) atoms. The van der Waals surface area contributed by atoms with Crippen molar-refractivity contribution in [1.29, 1.82) is 0 Å². The van der Waals surface area contributed by atoms with Crippen molar-refractivity contribution in [2.75, 3.05) is 0 Å². The largest absolute Gasteiger partial charge is 0.456 e. The summed E-state index contributed by atoms with van der Waals surface area (Å²) in [4.78, 5) is 4.57. The molecule has 9 aromatic rings. The van der Waals surface area contributed by atoms with Crippen molar-refractivity contribution in [3.8, 4) is 11.5 Å². The maximum atomic E-state index is 6.86. The second kappa shape index (κ2) is 5.96. The van der Waals surface area contributed by atoms with Crippen molar-refractivity contribution in [2.24, 2.45) is 0 Å². The molecule has 4 aromatic heterocycles. The van der Waals surface area contributed by atoms with Gasteiger partial charge in [-0.05, 0) is 58.6 Å². The molecule has 0 saturated heterocycles. The molecule has 0 N–H and O–H groups in total. The number of hydrogen-bond donors (Lipinski definition) is 0. The highest BCUT2D eigenvalue weighted by atomic mass is 16.5. The van der Waals surface area contributed by atoms with E-state index in [0.29, 0.717) is 0 Å². The first kappa shape index (κ1) is 19.5. The summed E-state index contributed by atoms with van der Waals surface area (Å²) in [7, 11) is 0. The monoisotopic (exact) mass is 522 g/mol. The molecule has 12 rings (SSSR count). The summed E-state index contributed by atoms with van der Waals surface area (Å²) in [5.74, 6) is 1.85. The summed E-state index contributed by atoms with van der Waals surface area (Å²) in [5.41, 5.74) is 7.86. The Kier molecular flexibility index (Phi) is 2.83. The van der Waals surface area contributed by atoms with Crippen LogP contribution >= 0.6 is 0 Å². The Morgan fingerprint density at radius 2 is 1.37 bits per heavy atom. The van der Waals surface area contributed by atoms with Crippen molar-refractivity contribution in [2.45, 2.75) is 5.66 Å². The maximum Gasteiger partial charge on any atom is 0.372 e. The van der Waals surface area contributed by atoms with Gasteiger partial charge in [0.25, 0.3) is 0 Å². The molecule has 0 amide bonds. The third-order valence-corrected chi connectivity index (χ3v) is 10.0. The number of ether oxygens (including phenoxy) is 1. The number of benzene rings is 5. The SMILES string of the molecule is c1ccc2c(c1)c1ccc3c4c1c1c2ccc[n+]1C41c2c(ccc4c5cnccc5n5c6ccccc6[n+]1c5c24)O3. The number of para-hydroxylation sites is 2. The number of fused-ring (bicyclic) bond motifs is 9. The van der Waals surface area contributed by atoms with Crippen LogP contribution < -0.4 is 13.9 Å². The zero-order valence-electron chi connectivity index (χ0n) is 21.6. The molecule has 7 heterocycles. The highest BCUT2D eigenvalue weighted by molar-refractivity contribution is 6.26. The van der Waals surface area contributed by atoms with Gasteiger partial charge in [0, 0.05) is 35.3 Å². The van der Waals surface area contributed by atoms with E-state index in [1.54, 1.807) is 0 Å². The Labute approximate surface area is 231 Å². The molecule has 3 aliphatic rings. The average molecular weight is 523 g/mol. The summed E-state index contributed by atoms with van der Waals surface area (Å²) in [6.45, 7) is 0. The molecule has 5 nitrogen and oxygen atoms in total. The molecule has 1 spiro atoms. The van der Waals surface area contributed by atoms with Gasteiger partial charge in [-0.1, -0.05) is 36.4 Å². The second-order valence-electron chi connectivity index (χ2n) is 11.6. The topological polar surface area (TPSA) is 34.3 Å². The molecule has 5 heteroatoms. The highest BCUT2D eigenvalue weighted by Gasteiger charge is 2.68. The summed E-state index contributed by atoms with van der Waals surface area (Å²) in [5, 5.41) is 9.99. The molecular weight excluding hydrogens is 504 g/mol. The predicted molar refractivity (Wildman–Crippen MR) is 159 cm³/mol. The molecule has 5 aromatic carbocycles. The van der Waals surface area contributed by atoms with E-state index in [0.717, 1.165) is 22.4 Å². The van der Waals surface area contributed by atoms with Gasteiger partial charge in [0.1, 0.15) is 28.1 Å². The molecule has 0 aliphatic carbocycles. The third-order valence-electron chi connectivity index (χ3n) is 10.0. The van der Waals surface area contributed by atoms with Crippen LogP contribution in [-0.2, 0) is 5.66 Å². The predicted octanol–water partition coefficient (Wildman–Crippen LogP) is 6.86. The van der Waals surface area contributed by atoms with Crippen LogP contribution in [0.3, 0.4) is 0 Å². The first-order chi connectivity index (χ1) is 20.4. The van der Waals surface area contributed by atoms with E-state index < -0.39 is 5.66 Å². The smallest absolute Gasteiger partial charge is 0.372 e. The van der Waals surface area contributed by atoms with E-state index in [4.69, 9.17) is 4.74 Å². The van der Waals surface area contributed by atoms with Crippen LogP contribution in [0.25, 0.3) is 70.8 Å². The van der Waals surface area contributed by atoms with Crippen molar-refractivity contribution in [1.82, 2.24) is 9.38 Å². The summed E-state index contributed by atoms with van der Waals surface area (Å²) >= 11 is 0. The lowest BCUT2D eigenvalue weighted by Crippen LogP contribution is -2.72. The van der Waals surface area contributed by atoms with Gasteiger partial charge < -0.3 is 4.74 Å². The first-order valence-electron chi connectivity index (χ1n) is 14.1. The normalized spacial score (nSPS) is 17.6. The zero-order chi connectivity index (χ0) is 26.2. The van der Waals surface area contributed by atoms with Gasteiger partial charge in [-0.25, -0.2) is 0 Å². The van der Waals surface area contributed by atoms with Gasteiger partial charge in [0.15, 0.2) is 17.2 Å². The summed E-state index contributed by atoms with van der Waals surface area (Å²) < 4.78 is 14.5. The summed E-state index contributed by atoms with van der Waals surface area (Å²) in [6, 6.07) is 33.2. The molecule has 0 radical (unpaired) electrons. The number of imidazole rings is 1. The maximum absolute atomic E-state index is 6.86. The van der Waals surface area contributed by atoms with Crippen LogP contribution in [0.15, 0.2) is 110 Å². The lowest BCUT2D eigenvalue weighted by molar-refractivity contribution is -0.934. The zero-order valence-corrected chi connectivity index (χ0v) is 21.6. The van der Waals surface area contributed by atoms with E-state index in [1.807, 2.05) is 12.4 Å². The lowest BCUT2D eigenvalue weighted by Gasteiger charge is -2.28. The van der Waals surface area contributed by atoms with Gasteiger partial charge in [-0.2, -0.15) is 4.40 Å². The molecule has 0 bridgehead atoms. The minimum absolute atomic E-state index is 0.622. The Morgan fingerprint density at radius 1 is 0.634 bits per heavy atom. The molecule has 1 atom stereocenters. The van der Waals surface area contributed by atoms with E-state index in [1.165, 1.54) is 71.0 Å². The Bertz CT molecular complexity index is 2790. The Balaban J connectivity index is 1.48. The van der Waals surface area contributed by atoms with Gasteiger partial charge >= 0.3 is 11.3 Å². The van der Waals surface area contributed by atoms with Crippen molar-refractivity contribution in [3.05, 3.63) is 121 Å². The van der Waals surface area contributed by atoms with E-state index in [-0.39, 0.29) is 0 Å². The van der Waals surface area contributed by atoms with Gasteiger partial charge in [-0.3, -0.25) is 4.98 Å². The highest BCUT2D eigenvalue weighted by Crippen LogP contribution is 2.58. The van der Waals surface area contributed by atoms with Crippen molar-refractivity contribution < 1.29 is 13.9 Å². The number of nitrogens with zero attached hydrogens (tertiary/aromatic N) is 4. The van der Waals surface area contributed by atoms with Crippen molar-refractivity contribution >= 4 is 70.8 Å². The fraction of sp³-hybridized carbons (Fsp3) is 0.0278. The van der Waals surface area contributed by atoms with Crippen LogP contribution in [0, 0.1) is 0 Å². The van der Waals surface area contributed by atoms with Crippen LogP contribution in [0.5, 0.6) is 11.5 Å². The number of hydrogen-bond acceptors (Lipinski definition) is 2. The summed E-state index contributed by atoms with van der Waals surface area (Å²) in [6.07, 6.45) is 6.20. The Hall–Kier alpha value is -5.55. The number of aromatic nitrogens is 4. The first-order valence-corrected chi connectivity index (χ1v) is 14.1. The molecule has 1 unspecified atom stereocenters. The number of rotatable bonds is 0. The number of pyridine rings is 3. The molecule has 186 valence electrons. The van der Waals surface area contributed by atoms with E-state index >= 15 is 0 Å². The van der Waals surface area contributed by atoms with Crippen LogP contribution in [0.2, 0.25) is 0 Å². The Morgan fingerprint density at radius 3 is 2.24 bits per heavy atom. The standard InChI is InChI=1S/C36H18N4O/c1-2-7-20-19(6-1)21-11-13-28-32-30(21)34-23(20)8-5-17-38(34)36(32)33-29(41-28)14-12-22-24-18-37-16-15-25(24)39-26-9-3-4-10-27(26)40(36)35(39)31(22)33/h1-18H/q+2. The average Bonchev–Trinajstić information content (AvgIpc) is 3.66. The van der Waals surface area contributed by atoms with Gasteiger partial charge in [0.05, 0.1) is 16.2 Å². The van der Waals surface area contributed by atoms with Gasteiger partial charge in [0.2, 0.25) is 5.52 Å². The fourth-order valence-electron chi connectivity index (χ4n) is 8.73. The quantitative estimate of drug-likeness (QED) is 0.161. The van der Waals surface area contributed by atoms with Gasteiger partial charge in [-0.15, -0.1) is 9.13 Å². The van der Waals surface area contributed by atoms with E-state index in [9.17, 15) is 0 Å². The van der Waals surface area contributed by atoms with Crippen LogP contribution in [-0.4, -0.2) is 9.38 Å². The lowest BCUT2D eigenvalue weighted by atomic mass is 9.85. The van der Waals surface area contributed by atoms with Crippen LogP contribution in [0.1, 0.15) is 11.1 Å². The molecule has 0 saturated carbocycles. The van der Waals surface area contributed by atoms with Crippen LogP contribution in [0.4, 0.5) is 0 Å². The van der Waals surface area contributed by atoms with Crippen molar-refractivity contribution in [3.63, 3.8) is 0 Å². The minimum atomic E-state index is -0.622. The van der Waals surface area contributed by atoms with E-state index in [2.05, 4.69) is 116 Å². The minimum Gasteiger partial charge on any atom is -0.456 e. The second-order valence-corrected chi connectivity index (χ2v) is 11.6. The molecule has 3 aliphatic heterocycles. The fourth-order valence-corrected chi connectivity index (χ4v) is 8.73. The molecule has 0 fully saturated rings.